The highest BCUT2D eigenvalue weighted by atomic mass is 16.4. The Balaban J connectivity index is 2.86. The van der Waals surface area contributed by atoms with E-state index in [0.717, 1.165) is 4.90 Å². The second-order valence-corrected chi connectivity index (χ2v) is 4.27. The van der Waals surface area contributed by atoms with E-state index in [2.05, 4.69) is 0 Å². The van der Waals surface area contributed by atoms with Crippen molar-refractivity contribution in [2.75, 3.05) is 6.54 Å². The maximum absolute atomic E-state index is 12.0. The molecule has 0 aliphatic rings. The number of nitrogens with zero attached hydrogens (tertiary/aromatic N) is 1. The average molecular weight is 251 g/mol. The SMILES string of the molecule is CC(C)N(CC(=O)O)C(=O)C(O)c1ccccc1. The van der Waals surface area contributed by atoms with Gasteiger partial charge in [0.05, 0.1) is 0 Å². The van der Waals surface area contributed by atoms with Gasteiger partial charge >= 0.3 is 5.97 Å². The first-order valence-electron chi connectivity index (χ1n) is 5.68. The molecule has 1 atom stereocenters. The minimum atomic E-state index is -1.33. The molecule has 0 aliphatic carbocycles. The fourth-order valence-electron chi connectivity index (χ4n) is 1.60. The number of hydrogen-bond acceptors (Lipinski definition) is 3. The Kier molecular flexibility index (Phi) is 4.85. The monoisotopic (exact) mass is 251 g/mol. The number of amides is 1. The van der Waals surface area contributed by atoms with Gasteiger partial charge in [0.1, 0.15) is 6.54 Å². The summed E-state index contributed by atoms with van der Waals surface area (Å²) in [5, 5.41) is 18.7. The fourth-order valence-corrected chi connectivity index (χ4v) is 1.60. The fraction of sp³-hybridized carbons (Fsp3) is 0.385. The van der Waals surface area contributed by atoms with Gasteiger partial charge in [-0.1, -0.05) is 30.3 Å². The van der Waals surface area contributed by atoms with E-state index < -0.39 is 24.5 Å². The van der Waals surface area contributed by atoms with Crippen LogP contribution in [0, 0.1) is 0 Å². The predicted molar refractivity (Wildman–Crippen MR) is 65.9 cm³/mol. The zero-order chi connectivity index (χ0) is 13.7. The van der Waals surface area contributed by atoms with Crippen LogP contribution in [-0.4, -0.2) is 39.6 Å². The van der Waals surface area contributed by atoms with Gasteiger partial charge in [0.25, 0.3) is 5.91 Å². The molecule has 1 amide bonds. The molecule has 0 fully saturated rings. The second kappa shape index (κ2) is 6.16. The normalized spacial score (nSPS) is 12.2. The molecule has 1 rings (SSSR count). The number of carbonyl (C=O) groups excluding carboxylic acids is 1. The van der Waals surface area contributed by atoms with Crippen LogP contribution in [-0.2, 0) is 9.59 Å². The molecule has 1 aromatic carbocycles. The van der Waals surface area contributed by atoms with Gasteiger partial charge in [-0.2, -0.15) is 0 Å². The summed E-state index contributed by atoms with van der Waals surface area (Å²) in [5.74, 6) is -1.70. The molecule has 2 N–H and O–H groups in total. The third-order valence-electron chi connectivity index (χ3n) is 2.56. The summed E-state index contributed by atoms with van der Waals surface area (Å²) in [6.45, 7) is 3.00. The molecule has 0 saturated carbocycles. The maximum Gasteiger partial charge on any atom is 0.323 e. The molecule has 0 radical (unpaired) electrons. The number of aliphatic hydroxyl groups excluding tert-OH is 1. The number of carboxylic acid groups (broad SMARTS) is 1. The number of benzene rings is 1. The smallest absolute Gasteiger partial charge is 0.323 e. The summed E-state index contributed by atoms with van der Waals surface area (Å²) >= 11 is 0. The summed E-state index contributed by atoms with van der Waals surface area (Å²) in [5.41, 5.74) is 0.457. The molecule has 98 valence electrons. The van der Waals surface area contributed by atoms with Gasteiger partial charge in [0, 0.05) is 6.04 Å². The van der Waals surface area contributed by atoms with Crippen molar-refractivity contribution in [3.05, 3.63) is 35.9 Å². The highest BCUT2D eigenvalue weighted by molar-refractivity contribution is 5.85. The zero-order valence-electron chi connectivity index (χ0n) is 10.4. The third kappa shape index (κ3) is 3.56. The predicted octanol–water partition coefficient (Wildman–Crippen LogP) is 1.04. The number of hydrogen-bond donors (Lipinski definition) is 2. The molecule has 1 aromatic rings. The van der Waals surface area contributed by atoms with E-state index in [1.165, 1.54) is 0 Å². The number of aliphatic carboxylic acids is 1. The highest BCUT2D eigenvalue weighted by Gasteiger charge is 2.27. The van der Waals surface area contributed by atoms with Gasteiger partial charge in [-0.05, 0) is 19.4 Å². The van der Waals surface area contributed by atoms with Crippen molar-refractivity contribution >= 4 is 11.9 Å². The van der Waals surface area contributed by atoms with Crippen LogP contribution in [0.5, 0.6) is 0 Å². The van der Waals surface area contributed by atoms with E-state index in [9.17, 15) is 14.7 Å². The van der Waals surface area contributed by atoms with Crippen LogP contribution in [0.25, 0.3) is 0 Å². The maximum atomic E-state index is 12.0. The standard InChI is InChI=1S/C13H17NO4/c1-9(2)14(8-11(15)16)13(18)12(17)10-6-4-3-5-7-10/h3-7,9,12,17H,8H2,1-2H3,(H,15,16). The molecule has 0 aromatic heterocycles. The summed E-state index contributed by atoms with van der Waals surface area (Å²) in [6.07, 6.45) is -1.33. The summed E-state index contributed by atoms with van der Waals surface area (Å²) < 4.78 is 0. The molecule has 18 heavy (non-hydrogen) atoms. The van der Waals surface area contributed by atoms with Gasteiger partial charge in [0.15, 0.2) is 6.10 Å². The van der Waals surface area contributed by atoms with Gasteiger partial charge in [0.2, 0.25) is 0 Å². The quantitative estimate of drug-likeness (QED) is 0.819. The molecule has 5 heteroatoms. The van der Waals surface area contributed by atoms with E-state index in [1.54, 1.807) is 44.2 Å². The average Bonchev–Trinajstić information content (AvgIpc) is 2.34. The van der Waals surface area contributed by atoms with E-state index in [4.69, 9.17) is 5.11 Å². The first kappa shape index (κ1) is 14.2. The van der Waals surface area contributed by atoms with Crippen molar-refractivity contribution in [2.45, 2.75) is 26.0 Å². The van der Waals surface area contributed by atoms with Crippen molar-refractivity contribution < 1.29 is 19.8 Å². The molecule has 5 nitrogen and oxygen atoms in total. The lowest BCUT2D eigenvalue weighted by atomic mass is 10.1. The van der Waals surface area contributed by atoms with E-state index >= 15 is 0 Å². The Labute approximate surface area is 106 Å². The van der Waals surface area contributed by atoms with Crippen LogP contribution in [0.15, 0.2) is 30.3 Å². The van der Waals surface area contributed by atoms with Gasteiger partial charge in [-0.3, -0.25) is 9.59 Å². The van der Waals surface area contributed by atoms with Gasteiger partial charge in [-0.25, -0.2) is 0 Å². The van der Waals surface area contributed by atoms with Crippen LogP contribution in [0.2, 0.25) is 0 Å². The Morgan fingerprint density at radius 3 is 2.22 bits per heavy atom. The van der Waals surface area contributed by atoms with E-state index in [1.807, 2.05) is 0 Å². The lowest BCUT2D eigenvalue weighted by molar-refractivity contribution is -0.150. The van der Waals surface area contributed by atoms with Crippen molar-refractivity contribution in [2.24, 2.45) is 0 Å². The van der Waals surface area contributed by atoms with Crippen molar-refractivity contribution in [3.8, 4) is 0 Å². The van der Waals surface area contributed by atoms with Gasteiger partial charge in [-0.15, -0.1) is 0 Å². The van der Waals surface area contributed by atoms with Gasteiger partial charge < -0.3 is 15.1 Å². The summed E-state index contributed by atoms with van der Waals surface area (Å²) in [4.78, 5) is 23.9. The van der Waals surface area contributed by atoms with Crippen LogP contribution in [0.3, 0.4) is 0 Å². The molecule has 0 bridgehead atoms. The molecule has 1 unspecified atom stereocenters. The molecular weight excluding hydrogens is 234 g/mol. The lowest BCUT2D eigenvalue weighted by Crippen LogP contribution is -2.43. The second-order valence-electron chi connectivity index (χ2n) is 4.27. The Morgan fingerprint density at radius 2 is 1.78 bits per heavy atom. The van der Waals surface area contributed by atoms with Crippen molar-refractivity contribution in [1.82, 2.24) is 4.90 Å². The van der Waals surface area contributed by atoms with Crippen molar-refractivity contribution in [3.63, 3.8) is 0 Å². The Hall–Kier alpha value is -1.88. The van der Waals surface area contributed by atoms with Crippen LogP contribution < -0.4 is 0 Å². The largest absolute Gasteiger partial charge is 0.480 e. The molecule has 0 heterocycles. The first-order chi connectivity index (χ1) is 8.43. The van der Waals surface area contributed by atoms with Crippen molar-refractivity contribution in [1.29, 1.82) is 0 Å². The molecule has 0 saturated heterocycles. The minimum absolute atomic E-state index is 0.285. The van der Waals surface area contributed by atoms with E-state index in [-0.39, 0.29) is 6.04 Å². The molecular formula is C13H17NO4. The third-order valence-corrected chi connectivity index (χ3v) is 2.56. The zero-order valence-corrected chi connectivity index (χ0v) is 10.4. The Bertz CT molecular complexity index is 416. The topological polar surface area (TPSA) is 77.8 Å². The number of aliphatic hydroxyl groups is 1. The van der Waals surface area contributed by atoms with Crippen LogP contribution in [0.4, 0.5) is 0 Å². The number of rotatable bonds is 5. The van der Waals surface area contributed by atoms with Crippen LogP contribution >= 0.6 is 0 Å². The summed E-state index contributed by atoms with van der Waals surface area (Å²) in [7, 11) is 0. The minimum Gasteiger partial charge on any atom is -0.480 e. The highest BCUT2D eigenvalue weighted by Crippen LogP contribution is 2.16. The Morgan fingerprint density at radius 1 is 1.22 bits per heavy atom. The molecule has 0 spiro atoms. The van der Waals surface area contributed by atoms with Crippen LogP contribution in [0.1, 0.15) is 25.5 Å². The summed E-state index contributed by atoms with van der Waals surface area (Å²) in [6, 6.07) is 8.17. The number of carbonyl (C=O) groups is 2. The first-order valence-corrected chi connectivity index (χ1v) is 5.68. The lowest BCUT2D eigenvalue weighted by Gasteiger charge is -2.27. The molecule has 0 aliphatic heterocycles. The van der Waals surface area contributed by atoms with E-state index in [0.29, 0.717) is 5.56 Å². The number of carboxylic acids is 1.